The highest BCUT2D eigenvalue weighted by Gasteiger charge is 2.16. The summed E-state index contributed by atoms with van der Waals surface area (Å²) in [4.78, 5) is 14.9. The molecule has 3 rings (SSSR count). The van der Waals surface area contributed by atoms with Gasteiger partial charge in [0, 0.05) is 12.2 Å². The third kappa shape index (κ3) is 7.10. The fourth-order valence-electron chi connectivity index (χ4n) is 3.39. The van der Waals surface area contributed by atoms with E-state index in [0.717, 1.165) is 23.4 Å². The summed E-state index contributed by atoms with van der Waals surface area (Å²) in [5.74, 6) is -0.186. The van der Waals surface area contributed by atoms with Gasteiger partial charge in [0.2, 0.25) is 5.91 Å². The van der Waals surface area contributed by atoms with Gasteiger partial charge in [-0.15, -0.1) is 24.8 Å². The average Bonchev–Trinajstić information content (AvgIpc) is 2.92. The Kier molecular flexibility index (Phi) is 10.5. The molecule has 2 aromatic carbocycles. The first-order valence-electron chi connectivity index (χ1n) is 9.56. The smallest absolute Gasteiger partial charge is 0.245 e. The summed E-state index contributed by atoms with van der Waals surface area (Å²) in [6.07, 6.45) is 5.29. The molecule has 1 heterocycles. The highest BCUT2D eigenvalue weighted by atomic mass is 35.5. The molecule has 154 valence electrons. The Morgan fingerprint density at radius 2 is 1.54 bits per heavy atom. The summed E-state index contributed by atoms with van der Waals surface area (Å²) >= 11 is 0. The van der Waals surface area contributed by atoms with Gasteiger partial charge < -0.3 is 11.1 Å². The van der Waals surface area contributed by atoms with E-state index in [1.54, 1.807) is 0 Å². The van der Waals surface area contributed by atoms with Crippen molar-refractivity contribution < 1.29 is 4.79 Å². The minimum absolute atomic E-state index is 0. The molecule has 1 aliphatic rings. The molecule has 0 aliphatic carbocycles. The zero-order chi connectivity index (χ0) is 18.4. The SMILES string of the molecule is Cc1ccc(C(N)C(=O)Nc2ccc(CN3CCCCCC3)cc2)cc1.Cl.Cl. The molecule has 6 heteroatoms. The summed E-state index contributed by atoms with van der Waals surface area (Å²) in [6.45, 7) is 5.37. The molecule has 1 atom stereocenters. The molecular weight excluding hydrogens is 393 g/mol. The quantitative estimate of drug-likeness (QED) is 0.721. The number of carbonyl (C=O) groups is 1. The van der Waals surface area contributed by atoms with E-state index in [2.05, 4.69) is 22.3 Å². The van der Waals surface area contributed by atoms with Crippen molar-refractivity contribution in [2.75, 3.05) is 18.4 Å². The van der Waals surface area contributed by atoms with Gasteiger partial charge in [0.15, 0.2) is 0 Å². The molecule has 3 N–H and O–H groups in total. The van der Waals surface area contributed by atoms with Crippen LogP contribution in [0.5, 0.6) is 0 Å². The number of nitrogens with zero attached hydrogens (tertiary/aromatic N) is 1. The molecule has 28 heavy (non-hydrogen) atoms. The van der Waals surface area contributed by atoms with Crippen molar-refractivity contribution in [1.29, 1.82) is 0 Å². The number of likely N-dealkylation sites (tertiary alicyclic amines) is 1. The predicted octanol–water partition coefficient (Wildman–Crippen LogP) is 4.85. The lowest BCUT2D eigenvalue weighted by atomic mass is 10.1. The zero-order valence-corrected chi connectivity index (χ0v) is 18.0. The number of hydrogen-bond acceptors (Lipinski definition) is 3. The summed E-state index contributed by atoms with van der Waals surface area (Å²) in [5, 5.41) is 2.92. The number of nitrogens with two attached hydrogens (primary N) is 1. The van der Waals surface area contributed by atoms with Gasteiger partial charge in [0.05, 0.1) is 0 Å². The van der Waals surface area contributed by atoms with Crippen LogP contribution < -0.4 is 11.1 Å². The molecule has 1 unspecified atom stereocenters. The summed E-state index contributed by atoms with van der Waals surface area (Å²) in [6, 6.07) is 15.2. The zero-order valence-electron chi connectivity index (χ0n) is 16.4. The maximum absolute atomic E-state index is 12.4. The average molecular weight is 424 g/mol. The van der Waals surface area contributed by atoms with Gasteiger partial charge in [-0.25, -0.2) is 0 Å². The molecule has 1 aliphatic heterocycles. The van der Waals surface area contributed by atoms with Gasteiger partial charge in [-0.2, -0.15) is 0 Å². The number of anilines is 1. The fraction of sp³-hybridized carbons (Fsp3) is 0.409. The Morgan fingerprint density at radius 3 is 2.11 bits per heavy atom. The Hall–Kier alpha value is -1.59. The third-order valence-electron chi connectivity index (χ3n) is 5.05. The van der Waals surface area contributed by atoms with Crippen LogP contribution in [0.2, 0.25) is 0 Å². The van der Waals surface area contributed by atoms with Gasteiger partial charge in [-0.3, -0.25) is 9.69 Å². The molecule has 4 nitrogen and oxygen atoms in total. The first kappa shape index (κ1) is 24.4. The van der Waals surface area contributed by atoms with Crippen LogP contribution in [0.3, 0.4) is 0 Å². The molecule has 1 saturated heterocycles. The molecule has 2 aromatic rings. The Bertz CT molecular complexity index is 712. The van der Waals surface area contributed by atoms with Gasteiger partial charge in [0.25, 0.3) is 0 Å². The number of benzene rings is 2. The highest BCUT2D eigenvalue weighted by Crippen LogP contribution is 2.17. The molecular formula is C22H31Cl2N3O. The van der Waals surface area contributed by atoms with Crippen molar-refractivity contribution in [2.45, 2.75) is 45.2 Å². The van der Waals surface area contributed by atoms with Crippen LogP contribution in [0.25, 0.3) is 0 Å². The van der Waals surface area contributed by atoms with E-state index in [1.165, 1.54) is 44.3 Å². The van der Waals surface area contributed by atoms with Crippen LogP contribution in [0.15, 0.2) is 48.5 Å². The third-order valence-corrected chi connectivity index (χ3v) is 5.05. The van der Waals surface area contributed by atoms with E-state index in [-0.39, 0.29) is 30.7 Å². The topological polar surface area (TPSA) is 58.4 Å². The van der Waals surface area contributed by atoms with Gasteiger partial charge in [-0.05, 0) is 56.1 Å². The van der Waals surface area contributed by atoms with Gasteiger partial charge in [0.1, 0.15) is 6.04 Å². The number of hydrogen-bond donors (Lipinski definition) is 2. The van der Waals surface area contributed by atoms with Crippen LogP contribution >= 0.6 is 24.8 Å². The number of rotatable bonds is 5. The van der Waals surface area contributed by atoms with Gasteiger partial charge in [-0.1, -0.05) is 54.8 Å². The molecule has 0 saturated carbocycles. The first-order chi connectivity index (χ1) is 12.6. The highest BCUT2D eigenvalue weighted by molar-refractivity contribution is 5.95. The predicted molar refractivity (Wildman–Crippen MR) is 121 cm³/mol. The lowest BCUT2D eigenvalue weighted by Gasteiger charge is -2.20. The molecule has 0 spiro atoms. The lowest BCUT2D eigenvalue weighted by Crippen LogP contribution is -2.27. The number of aryl methyl sites for hydroxylation is 1. The van der Waals surface area contributed by atoms with E-state index in [1.807, 2.05) is 43.3 Å². The van der Waals surface area contributed by atoms with E-state index < -0.39 is 6.04 Å². The standard InChI is InChI=1S/C22H29N3O.2ClH/c1-17-6-10-19(11-7-17)21(23)22(26)24-20-12-8-18(9-13-20)16-25-14-4-2-3-5-15-25;;/h6-13,21H,2-5,14-16,23H2,1H3,(H,24,26);2*1H. The number of carbonyl (C=O) groups excluding carboxylic acids is 1. The lowest BCUT2D eigenvalue weighted by molar-refractivity contribution is -0.117. The second kappa shape index (κ2) is 12.1. The minimum Gasteiger partial charge on any atom is -0.324 e. The second-order valence-electron chi connectivity index (χ2n) is 7.26. The largest absolute Gasteiger partial charge is 0.324 e. The fourth-order valence-corrected chi connectivity index (χ4v) is 3.39. The van der Waals surface area contributed by atoms with E-state index in [4.69, 9.17) is 5.73 Å². The number of nitrogens with one attached hydrogen (secondary N) is 1. The summed E-state index contributed by atoms with van der Waals surface area (Å²) in [7, 11) is 0. The second-order valence-corrected chi connectivity index (χ2v) is 7.26. The Labute approximate surface area is 180 Å². The normalized spacial score (nSPS) is 15.5. The van der Waals surface area contributed by atoms with E-state index >= 15 is 0 Å². The van der Waals surface area contributed by atoms with Crippen LogP contribution in [-0.4, -0.2) is 23.9 Å². The van der Waals surface area contributed by atoms with E-state index in [9.17, 15) is 4.79 Å². The molecule has 0 aromatic heterocycles. The summed E-state index contributed by atoms with van der Waals surface area (Å²) in [5.41, 5.74) is 10.1. The van der Waals surface area contributed by atoms with Gasteiger partial charge >= 0.3 is 0 Å². The van der Waals surface area contributed by atoms with Crippen molar-refractivity contribution in [3.05, 3.63) is 65.2 Å². The maximum atomic E-state index is 12.4. The van der Waals surface area contributed by atoms with Crippen molar-refractivity contribution >= 4 is 36.4 Å². The molecule has 1 amide bonds. The Balaban J connectivity index is 0.00000196. The van der Waals surface area contributed by atoms with Crippen LogP contribution in [0, 0.1) is 6.92 Å². The monoisotopic (exact) mass is 423 g/mol. The van der Waals surface area contributed by atoms with E-state index in [0.29, 0.717) is 0 Å². The molecule has 1 fully saturated rings. The van der Waals surface area contributed by atoms with Crippen molar-refractivity contribution in [3.63, 3.8) is 0 Å². The van der Waals surface area contributed by atoms with Crippen LogP contribution in [0.4, 0.5) is 5.69 Å². The molecule has 0 radical (unpaired) electrons. The maximum Gasteiger partial charge on any atom is 0.245 e. The summed E-state index contributed by atoms with van der Waals surface area (Å²) < 4.78 is 0. The van der Waals surface area contributed by atoms with Crippen molar-refractivity contribution in [1.82, 2.24) is 4.90 Å². The molecule has 0 bridgehead atoms. The van der Waals surface area contributed by atoms with Crippen molar-refractivity contribution in [2.24, 2.45) is 5.73 Å². The number of halogens is 2. The number of amides is 1. The van der Waals surface area contributed by atoms with Crippen LogP contribution in [-0.2, 0) is 11.3 Å². The first-order valence-corrected chi connectivity index (χ1v) is 9.56. The minimum atomic E-state index is -0.660. The van der Waals surface area contributed by atoms with Crippen molar-refractivity contribution in [3.8, 4) is 0 Å². The van der Waals surface area contributed by atoms with Crippen LogP contribution in [0.1, 0.15) is 48.4 Å². The Morgan fingerprint density at radius 1 is 0.964 bits per heavy atom.